The molecule has 2 aromatic rings. The maximum Gasteiger partial charge on any atom is 0.169 e. The van der Waals surface area contributed by atoms with Crippen LogP contribution in [0, 0.1) is 6.92 Å². The molecule has 1 N–H and O–H groups in total. The van der Waals surface area contributed by atoms with E-state index in [4.69, 9.17) is 4.42 Å². The minimum Gasteiger partial charge on any atom is -0.453 e. The van der Waals surface area contributed by atoms with Crippen molar-refractivity contribution in [3.8, 4) is 0 Å². The number of likely N-dealkylation sites (N-methyl/N-ethyl adjacent to an activating group) is 1. The predicted molar refractivity (Wildman–Crippen MR) is 77.7 cm³/mol. The second-order valence-corrected chi connectivity index (χ2v) is 5.16. The van der Waals surface area contributed by atoms with E-state index in [0.717, 1.165) is 23.4 Å². The Balaban J connectivity index is 2.19. The van der Waals surface area contributed by atoms with Crippen LogP contribution in [0.5, 0.6) is 0 Å². The van der Waals surface area contributed by atoms with Crippen molar-refractivity contribution >= 4 is 15.9 Å². The van der Waals surface area contributed by atoms with E-state index in [0.29, 0.717) is 0 Å². The fourth-order valence-electron chi connectivity index (χ4n) is 2.09. The normalized spacial score (nSPS) is 12.6. The van der Waals surface area contributed by atoms with Gasteiger partial charge < -0.3 is 9.73 Å². The lowest BCUT2D eigenvalue weighted by Gasteiger charge is -2.16. The van der Waals surface area contributed by atoms with E-state index < -0.39 is 0 Å². The molecule has 0 saturated carbocycles. The van der Waals surface area contributed by atoms with Crippen LogP contribution in [-0.2, 0) is 6.42 Å². The van der Waals surface area contributed by atoms with E-state index >= 15 is 0 Å². The fourth-order valence-corrected chi connectivity index (χ4v) is 2.41. The number of hydrogen-bond donors (Lipinski definition) is 1. The Morgan fingerprint density at radius 1 is 1.22 bits per heavy atom. The molecule has 2 rings (SSSR count). The van der Waals surface area contributed by atoms with Gasteiger partial charge in [0, 0.05) is 0 Å². The van der Waals surface area contributed by atoms with Crippen LogP contribution in [-0.4, -0.2) is 6.54 Å². The first-order chi connectivity index (χ1) is 8.70. The highest BCUT2D eigenvalue weighted by Gasteiger charge is 2.15. The quantitative estimate of drug-likeness (QED) is 0.893. The molecular formula is C15H18BrNO. The van der Waals surface area contributed by atoms with Crippen LogP contribution in [0.1, 0.15) is 29.9 Å². The van der Waals surface area contributed by atoms with Gasteiger partial charge in [0.1, 0.15) is 5.76 Å². The van der Waals surface area contributed by atoms with Crippen LogP contribution in [0.25, 0.3) is 0 Å². The molecule has 1 aromatic carbocycles. The van der Waals surface area contributed by atoms with E-state index in [-0.39, 0.29) is 6.04 Å². The number of aryl methyl sites for hydroxylation is 1. The average molecular weight is 308 g/mol. The number of furan rings is 1. The van der Waals surface area contributed by atoms with Gasteiger partial charge in [-0.3, -0.25) is 0 Å². The molecule has 0 amide bonds. The van der Waals surface area contributed by atoms with Crippen molar-refractivity contribution in [2.75, 3.05) is 6.54 Å². The van der Waals surface area contributed by atoms with Crippen molar-refractivity contribution < 1.29 is 4.42 Å². The second kappa shape index (κ2) is 6.21. The lowest BCUT2D eigenvalue weighted by atomic mass is 10.00. The molecule has 0 saturated heterocycles. The molecule has 3 heteroatoms. The molecule has 1 aromatic heterocycles. The largest absolute Gasteiger partial charge is 0.453 e. The molecular weight excluding hydrogens is 290 g/mol. The SMILES string of the molecule is CCNC(Cc1ccccc1C)c1ccc(Br)o1. The summed E-state index contributed by atoms with van der Waals surface area (Å²) in [5, 5.41) is 3.47. The van der Waals surface area contributed by atoms with Crippen LogP contribution < -0.4 is 5.32 Å². The van der Waals surface area contributed by atoms with Gasteiger partial charge in [-0.25, -0.2) is 0 Å². The Hall–Kier alpha value is -1.06. The molecule has 0 fully saturated rings. The number of hydrogen-bond acceptors (Lipinski definition) is 2. The van der Waals surface area contributed by atoms with E-state index in [1.807, 2.05) is 12.1 Å². The molecule has 2 nitrogen and oxygen atoms in total. The van der Waals surface area contributed by atoms with Crippen molar-refractivity contribution in [2.45, 2.75) is 26.3 Å². The number of nitrogens with one attached hydrogen (secondary N) is 1. The highest BCUT2D eigenvalue weighted by molar-refractivity contribution is 9.10. The Morgan fingerprint density at radius 3 is 2.61 bits per heavy atom. The number of halogens is 1. The first kappa shape index (κ1) is 13.4. The van der Waals surface area contributed by atoms with Gasteiger partial charge in [0.25, 0.3) is 0 Å². The van der Waals surface area contributed by atoms with E-state index in [2.05, 4.69) is 59.4 Å². The summed E-state index contributed by atoms with van der Waals surface area (Å²) < 4.78 is 6.45. The van der Waals surface area contributed by atoms with Gasteiger partial charge in [0.2, 0.25) is 0 Å². The van der Waals surface area contributed by atoms with E-state index in [1.165, 1.54) is 11.1 Å². The highest BCUT2D eigenvalue weighted by Crippen LogP contribution is 2.24. The zero-order valence-corrected chi connectivity index (χ0v) is 12.3. The molecule has 96 valence electrons. The summed E-state index contributed by atoms with van der Waals surface area (Å²) in [6, 6.07) is 12.7. The Bertz CT molecular complexity index is 507. The van der Waals surface area contributed by atoms with Gasteiger partial charge in [-0.15, -0.1) is 0 Å². The van der Waals surface area contributed by atoms with Crippen molar-refractivity contribution in [2.24, 2.45) is 0 Å². The summed E-state index contributed by atoms with van der Waals surface area (Å²) in [5.74, 6) is 0.979. The molecule has 18 heavy (non-hydrogen) atoms. The summed E-state index contributed by atoms with van der Waals surface area (Å²) in [5.41, 5.74) is 2.68. The smallest absolute Gasteiger partial charge is 0.169 e. The highest BCUT2D eigenvalue weighted by atomic mass is 79.9. The molecule has 0 aliphatic heterocycles. The summed E-state index contributed by atoms with van der Waals surface area (Å²) in [7, 11) is 0. The molecule has 0 radical (unpaired) electrons. The third-order valence-electron chi connectivity index (χ3n) is 3.07. The predicted octanol–water partition coefficient (Wildman–Crippen LogP) is 4.24. The van der Waals surface area contributed by atoms with Crippen molar-refractivity contribution in [3.05, 3.63) is 58.0 Å². The van der Waals surface area contributed by atoms with Gasteiger partial charge in [-0.1, -0.05) is 31.2 Å². The topological polar surface area (TPSA) is 25.2 Å². The van der Waals surface area contributed by atoms with Crippen molar-refractivity contribution in [1.29, 1.82) is 0 Å². The van der Waals surface area contributed by atoms with Crippen LogP contribution >= 0.6 is 15.9 Å². The molecule has 0 aliphatic rings. The van der Waals surface area contributed by atoms with Gasteiger partial charge in [0.05, 0.1) is 6.04 Å². The summed E-state index contributed by atoms with van der Waals surface area (Å²) >= 11 is 3.36. The van der Waals surface area contributed by atoms with Crippen molar-refractivity contribution in [1.82, 2.24) is 5.32 Å². The van der Waals surface area contributed by atoms with Gasteiger partial charge in [-0.2, -0.15) is 0 Å². The lowest BCUT2D eigenvalue weighted by molar-refractivity contribution is 0.405. The average Bonchev–Trinajstić information content (AvgIpc) is 2.78. The maximum atomic E-state index is 5.66. The molecule has 1 unspecified atom stereocenters. The monoisotopic (exact) mass is 307 g/mol. The lowest BCUT2D eigenvalue weighted by Crippen LogP contribution is -2.22. The fraction of sp³-hybridized carbons (Fsp3) is 0.333. The van der Waals surface area contributed by atoms with Crippen LogP contribution in [0.2, 0.25) is 0 Å². The zero-order chi connectivity index (χ0) is 13.0. The molecule has 0 aliphatic carbocycles. The summed E-state index contributed by atoms with van der Waals surface area (Å²) in [6.45, 7) is 5.19. The van der Waals surface area contributed by atoms with E-state index in [9.17, 15) is 0 Å². The maximum absolute atomic E-state index is 5.66. The van der Waals surface area contributed by atoms with Crippen molar-refractivity contribution in [3.63, 3.8) is 0 Å². The molecule has 0 spiro atoms. The third-order valence-corrected chi connectivity index (χ3v) is 3.50. The molecule has 1 heterocycles. The van der Waals surface area contributed by atoms with Crippen LogP contribution in [0.15, 0.2) is 45.5 Å². The second-order valence-electron chi connectivity index (χ2n) is 4.38. The Morgan fingerprint density at radius 2 is 2.00 bits per heavy atom. The number of benzene rings is 1. The summed E-state index contributed by atoms with van der Waals surface area (Å²) in [6.07, 6.45) is 0.945. The Kier molecular flexibility index (Phi) is 4.61. The van der Waals surface area contributed by atoms with Gasteiger partial charge in [0.15, 0.2) is 4.67 Å². The minimum absolute atomic E-state index is 0.224. The first-order valence-electron chi connectivity index (χ1n) is 6.24. The standard InChI is InChI=1S/C15H18BrNO/c1-3-17-13(14-8-9-15(16)18-14)10-12-7-5-4-6-11(12)2/h4-9,13,17H,3,10H2,1-2H3. The molecule has 1 atom stereocenters. The Labute approximate surface area is 117 Å². The summed E-state index contributed by atoms with van der Waals surface area (Å²) in [4.78, 5) is 0. The minimum atomic E-state index is 0.224. The van der Waals surface area contributed by atoms with E-state index in [1.54, 1.807) is 0 Å². The van der Waals surface area contributed by atoms with Crippen LogP contribution in [0.4, 0.5) is 0 Å². The van der Waals surface area contributed by atoms with Crippen LogP contribution in [0.3, 0.4) is 0 Å². The molecule has 0 bridgehead atoms. The van der Waals surface area contributed by atoms with Gasteiger partial charge >= 0.3 is 0 Å². The van der Waals surface area contributed by atoms with Gasteiger partial charge in [-0.05, 0) is 59.1 Å². The zero-order valence-electron chi connectivity index (χ0n) is 10.7. The first-order valence-corrected chi connectivity index (χ1v) is 7.03. The number of rotatable bonds is 5. The third kappa shape index (κ3) is 3.24.